The topological polar surface area (TPSA) is 12.9 Å². The van der Waals surface area contributed by atoms with E-state index in [-0.39, 0.29) is 0 Å². The number of hydrogen-bond donors (Lipinski definition) is 0. The van der Waals surface area contributed by atoms with E-state index in [2.05, 4.69) is 4.98 Å². The molecule has 2 aromatic rings. The number of terminal acetylenes is 1. The summed E-state index contributed by atoms with van der Waals surface area (Å²) in [5.41, 5.74) is -0.569. The second-order valence-corrected chi connectivity index (χ2v) is 5.45. The van der Waals surface area contributed by atoms with E-state index in [4.69, 9.17) is 18.0 Å². The zero-order chi connectivity index (χ0) is 10.8. The van der Waals surface area contributed by atoms with Crippen LogP contribution in [-0.2, 0) is 0 Å². The molecular formula is C10H5ClFNS2. The Morgan fingerprint density at radius 1 is 1.60 bits per heavy atom. The highest BCUT2D eigenvalue weighted by molar-refractivity contribution is 8.01. The zero-order valence-electron chi connectivity index (χ0n) is 7.41. The molecule has 0 amide bonds. The van der Waals surface area contributed by atoms with Crippen LogP contribution in [0.4, 0.5) is 4.39 Å². The molecule has 1 nitrogen and oxygen atoms in total. The molecular weight excluding hydrogens is 253 g/mol. The van der Waals surface area contributed by atoms with Crippen LogP contribution in [0.3, 0.4) is 0 Å². The molecule has 0 bridgehead atoms. The number of thiazole rings is 1. The van der Waals surface area contributed by atoms with Crippen LogP contribution in [-0.4, -0.2) is 10.5 Å². The molecule has 0 aliphatic heterocycles. The lowest BCUT2D eigenvalue weighted by Gasteiger charge is -1.93. The van der Waals surface area contributed by atoms with E-state index in [1.54, 1.807) is 12.1 Å². The molecule has 1 unspecified atom stereocenters. The smallest absolute Gasteiger partial charge is 0.212 e. The Morgan fingerprint density at radius 2 is 2.40 bits per heavy atom. The highest BCUT2D eigenvalue weighted by Gasteiger charge is 2.09. The third-order valence-corrected chi connectivity index (χ3v) is 3.91. The van der Waals surface area contributed by atoms with E-state index in [0.29, 0.717) is 9.36 Å². The second kappa shape index (κ2) is 4.40. The Morgan fingerprint density at radius 3 is 3.13 bits per heavy atom. The van der Waals surface area contributed by atoms with Crippen molar-refractivity contribution in [2.75, 3.05) is 0 Å². The maximum absolute atomic E-state index is 12.9. The standard InChI is InChI=1S/C10H5ClFNS2/c1-2-9(12)15-10-13-7-5-6(11)3-4-8(7)14-10/h1,3-5,9H. The Labute approximate surface area is 99.7 Å². The van der Waals surface area contributed by atoms with Crippen LogP contribution in [0.1, 0.15) is 0 Å². The summed E-state index contributed by atoms with van der Waals surface area (Å²) < 4.78 is 14.5. The predicted molar refractivity (Wildman–Crippen MR) is 64.2 cm³/mol. The first-order valence-electron chi connectivity index (χ1n) is 4.02. The first-order chi connectivity index (χ1) is 7.19. The molecule has 0 aliphatic carbocycles. The van der Waals surface area contributed by atoms with E-state index in [0.717, 1.165) is 22.0 Å². The fourth-order valence-electron chi connectivity index (χ4n) is 1.05. The number of aromatic nitrogens is 1. The van der Waals surface area contributed by atoms with Crippen molar-refractivity contribution in [1.82, 2.24) is 4.98 Å². The fourth-order valence-corrected chi connectivity index (χ4v) is 3.01. The number of hydrogen-bond acceptors (Lipinski definition) is 3. The summed E-state index contributed by atoms with van der Waals surface area (Å²) >= 11 is 8.16. The second-order valence-electron chi connectivity index (χ2n) is 2.69. The average molecular weight is 258 g/mol. The molecule has 0 spiro atoms. The van der Waals surface area contributed by atoms with Gasteiger partial charge in [-0.25, -0.2) is 9.37 Å². The molecule has 0 fully saturated rings. The lowest BCUT2D eigenvalue weighted by atomic mass is 10.3. The van der Waals surface area contributed by atoms with Gasteiger partial charge in [0.2, 0.25) is 5.50 Å². The number of nitrogens with zero attached hydrogens (tertiary/aromatic N) is 1. The molecule has 0 aliphatic rings. The molecule has 0 saturated carbocycles. The number of halogens is 2. The fraction of sp³-hybridized carbons (Fsp3) is 0.100. The van der Waals surface area contributed by atoms with Crippen LogP contribution in [0.15, 0.2) is 22.5 Å². The highest BCUT2D eigenvalue weighted by Crippen LogP contribution is 2.33. The van der Waals surface area contributed by atoms with Crippen molar-refractivity contribution in [3.8, 4) is 12.3 Å². The number of rotatable bonds is 2. The van der Waals surface area contributed by atoms with Crippen molar-refractivity contribution in [3.05, 3.63) is 23.2 Å². The van der Waals surface area contributed by atoms with Gasteiger partial charge in [0.1, 0.15) is 0 Å². The van der Waals surface area contributed by atoms with Gasteiger partial charge in [0.15, 0.2) is 4.34 Å². The van der Waals surface area contributed by atoms with Gasteiger partial charge in [-0.15, -0.1) is 17.8 Å². The van der Waals surface area contributed by atoms with Crippen LogP contribution in [0.25, 0.3) is 10.2 Å². The van der Waals surface area contributed by atoms with Gasteiger partial charge >= 0.3 is 0 Å². The van der Waals surface area contributed by atoms with Crippen molar-refractivity contribution in [2.45, 2.75) is 9.84 Å². The van der Waals surface area contributed by atoms with E-state index >= 15 is 0 Å². The van der Waals surface area contributed by atoms with Crippen molar-refractivity contribution in [2.24, 2.45) is 0 Å². The van der Waals surface area contributed by atoms with Crippen LogP contribution in [0.5, 0.6) is 0 Å². The van der Waals surface area contributed by atoms with Crippen LogP contribution in [0, 0.1) is 12.3 Å². The third kappa shape index (κ3) is 2.43. The maximum Gasteiger partial charge on any atom is 0.212 e. The summed E-state index contributed by atoms with van der Waals surface area (Å²) in [6, 6.07) is 5.40. The van der Waals surface area contributed by atoms with Gasteiger partial charge < -0.3 is 0 Å². The summed E-state index contributed by atoms with van der Waals surface area (Å²) in [7, 11) is 0. The number of thioether (sulfide) groups is 1. The predicted octanol–water partition coefficient (Wildman–Crippen LogP) is 3.97. The average Bonchev–Trinajstić information content (AvgIpc) is 2.59. The molecule has 1 atom stereocenters. The minimum Gasteiger partial charge on any atom is -0.229 e. The molecule has 1 aromatic heterocycles. The summed E-state index contributed by atoms with van der Waals surface area (Å²) in [6.07, 6.45) is 4.95. The van der Waals surface area contributed by atoms with Crippen LogP contribution in [0.2, 0.25) is 5.02 Å². The third-order valence-electron chi connectivity index (χ3n) is 1.67. The zero-order valence-corrected chi connectivity index (χ0v) is 9.80. The number of alkyl halides is 1. The molecule has 5 heteroatoms. The quantitative estimate of drug-likeness (QED) is 0.596. The monoisotopic (exact) mass is 257 g/mol. The number of fused-ring (bicyclic) bond motifs is 1. The van der Waals surface area contributed by atoms with Crippen molar-refractivity contribution >= 4 is 44.9 Å². The highest BCUT2D eigenvalue weighted by atomic mass is 35.5. The van der Waals surface area contributed by atoms with Crippen molar-refractivity contribution < 1.29 is 4.39 Å². The van der Waals surface area contributed by atoms with Gasteiger partial charge in [-0.05, 0) is 30.0 Å². The lowest BCUT2D eigenvalue weighted by Crippen LogP contribution is -1.85. The van der Waals surface area contributed by atoms with E-state index in [1.165, 1.54) is 11.3 Å². The summed E-state index contributed by atoms with van der Waals surface area (Å²) in [5, 5.41) is 0.623. The molecule has 2 rings (SSSR count). The van der Waals surface area contributed by atoms with Gasteiger partial charge in [-0.3, -0.25) is 0 Å². The van der Waals surface area contributed by atoms with E-state index in [9.17, 15) is 4.39 Å². The Bertz CT molecular complexity index is 532. The Hall–Kier alpha value is -0.760. The lowest BCUT2D eigenvalue weighted by molar-refractivity contribution is 0.532. The van der Waals surface area contributed by atoms with Gasteiger partial charge in [-0.2, -0.15) is 0 Å². The molecule has 0 radical (unpaired) electrons. The summed E-state index contributed by atoms with van der Waals surface area (Å²) in [4.78, 5) is 4.22. The van der Waals surface area contributed by atoms with Crippen molar-refractivity contribution in [1.29, 1.82) is 0 Å². The minimum atomic E-state index is -1.35. The van der Waals surface area contributed by atoms with Gasteiger partial charge in [-0.1, -0.05) is 17.5 Å². The van der Waals surface area contributed by atoms with E-state index < -0.39 is 5.50 Å². The van der Waals surface area contributed by atoms with Gasteiger partial charge in [0, 0.05) is 5.02 Å². The maximum atomic E-state index is 12.9. The van der Waals surface area contributed by atoms with Crippen molar-refractivity contribution in [3.63, 3.8) is 0 Å². The largest absolute Gasteiger partial charge is 0.229 e. The summed E-state index contributed by atoms with van der Waals surface area (Å²) in [6.45, 7) is 0. The molecule has 1 heterocycles. The first kappa shape index (κ1) is 10.7. The van der Waals surface area contributed by atoms with Gasteiger partial charge in [0.25, 0.3) is 0 Å². The first-order valence-corrected chi connectivity index (χ1v) is 6.09. The summed E-state index contributed by atoms with van der Waals surface area (Å²) in [5.74, 6) is 2.01. The minimum absolute atomic E-state index is 0.623. The molecule has 1 aromatic carbocycles. The SMILES string of the molecule is C#CC(F)Sc1nc2cc(Cl)ccc2s1. The van der Waals surface area contributed by atoms with Crippen LogP contribution < -0.4 is 0 Å². The molecule has 15 heavy (non-hydrogen) atoms. The molecule has 0 saturated heterocycles. The normalized spacial score (nSPS) is 12.6. The Balaban J connectivity index is 2.35. The van der Waals surface area contributed by atoms with E-state index in [1.807, 2.05) is 12.0 Å². The molecule has 0 N–H and O–H groups in total. The van der Waals surface area contributed by atoms with Crippen LogP contribution >= 0.6 is 34.7 Å². The number of benzene rings is 1. The Kier molecular flexibility index (Phi) is 3.15. The molecule has 76 valence electrons. The van der Waals surface area contributed by atoms with Gasteiger partial charge in [0.05, 0.1) is 10.2 Å².